The Morgan fingerprint density at radius 3 is 2.90 bits per heavy atom. The van der Waals surface area contributed by atoms with E-state index in [2.05, 4.69) is 14.9 Å². The Labute approximate surface area is 169 Å². The van der Waals surface area contributed by atoms with Crippen molar-refractivity contribution in [2.45, 2.75) is 25.7 Å². The molecule has 0 aliphatic carbocycles. The van der Waals surface area contributed by atoms with Crippen LogP contribution < -0.4 is 4.90 Å². The van der Waals surface area contributed by atoms with E-state index in [0.29, 0.717) is 32.5 Å². The Morgan fingerprint density at radius 1 is 1.31 bits per heavy atom. The van der Waals surface area contributed by atoms with Gasteiger partial charge in [0, 0.05) is 56.3 Å². The number of carbonyl (C=O) groups is 1. The number of piperidine rings is 1. The van der Waals surface area contributed by atoms with Gasteiger partial charge in [-0.05, 0) is 37.8 Å². The van der Waals surface area contributed by atoms with Crippen LogP contribution in [0.15, 0.2) is 30.7 Å². The highest BCUT2D eigenvalue weighted by Crippen LogP contribution is 2.34. The summed E-state index contributed by atoms with van der Waals surface area (Å²) < 4.78 is 5.15. The molecule has 0 unspecified atom stereocenters. The zero-order valence-corrected chi connectivity index (χ0v) is 16.5. The molecule has 0 bridgehead atoms. The van der Waals surface area contributed by atoms with Crippen molar-refractivity contribution in [3.8, 4) is 11.3 Å². The first-order valence-electron chi connectivity index (χ1n) is 9.92. The lowest BCUT2D eigenvalue weighted by molar-refractivity contribution is -0.142. The van der Waals surface area contributed by atoms with Gasteiger partial charge in [0.2, 0.25) is 0 Å². The Kier molecular flexibility index (Phi) is 5.71. The molecule has 3 aromatic rings. The van der Waals surface area contributed by atoms with Crippen LogP contribution in [-0.4, -0.2) is 57.8 Å². The van der Waals surface area contributed by atoms with Crippen LogP contribution in [0.2, 0.25) is 0 Å². The second-order valence-electron chi connectivity index (χ2n) is 7.33. The first-order chi connectivity index (χ1) is 14.2. The van der Waals surface area contributed by atoms with Crippen LogP contribution in [0, 0.1) is 5.92 Å². The molecule has 3 aromatic heterocycles. The lowest BCUT2D eigenvalue weighted by atomic mass is 9.96. The molecule has 29 heavy (non-hydrogen) atoms. The number of carboxylic acid groups (broad SMARTS) is 1. The highest BCUT2D eigenvalue weighted by molar-refractivity contribution is 5.94. The molecule has 0 atom stereocenters. The highest BCUT2D eigenvalue weighted by Gasteiger charge is 2.27. The number of H-pyrrole nitrogens is 1. The maximum absolute atomic E-state index is 11.3. The first kappa shape index (κ1) is 19.3. The van der Waals surface area contributed by atoms with Crippen LogP contribution in [-0.2, 0) is 16.0 Å². The Hall–Kier alpha value is -3.00. The van der Waals surface area contributed by atoms with Gasteiger partial charge in [0.15, 0.2) is 5.82 Å². The van der Waals surface area contributed by atoms with Crippen molar-refractivity contribution in [2.24, 2.45) is 5.92 Å². The van der Waals surface area contributed by atoms with Gasteiger partial charge in [-0.2, -0.15) is 0 Å². The Bertz CT molecular complexity index is 995. The molecule has 4 heterocycles. The topological polar surface area (TPSA) is 104 Å². The number of nitrogens with zero attached hydrogens (tertiary/aromatic N) is 4. The molecule has 2 N–H and O–H groups in total. The minimum atomic E-state index is -0.715. The SMILES string of the molecule is COCCCc1cnc(-c2ccnc3[nH]ccc23)c(N2CCC(C(=O)O)CC2)n1. The number of ether oxygens (including phenoxy) is 1. The summed E-state index contributed by atoms with van der Waals surface area (Å²) in [6, 6.07) is 3.95. The smallest absolute Gasteiger partial charge is 0.306 e. The maximum atomic E-state index is 11.3. The Balaban J connectivity index is 1.71. The number of anilines is 1. The molecule has 0 amide bonds. The number of aryl methyl sites for hydroxylation is 1. The van der Waals surface area contributed by atoms with Crippen molar-refractivity contribution in [1.29, 1.82) is 0 Å². The summed E-state index contributed by atoms with van der Waals surface area (Å²) in [4.78, 5) is 30.7. The maximum Gasteiger partial charge on any atom is 0.306 e. The number of hydrogen-bond acceptors (Lipinski definition) is 6. The average molecular weight is 395 g/mol. The lowest BCUT2D eigenvalue weighted by Gasteiger charge is -2.32. The van der Waals surface area contributed by atoms with Crippen LogP contribution in [0.25, 0.3) is 22.3 Å². The van der Waals surface area contributed by atoms with E-state index in [1.807, 2.05) is 24.5 Å². The van der Waals surface area contributed by atoms with E-state index in [4.69, 9.17) is 14.7 Å². The van der Waals surface area contributed by atoms with Crippen LogP contribution in [0.4, 0.5) is 5.82 Å². The van der Waals surface area contributed by atoms with Gasteiger partial charge in [-0.15, -0.1) is 0 Å². The monoisotopic (exact) mass is 395 g/mol. The van der Waals surface area contributed by atoms with Crippen molar-refractivity contribution in [3.05, 3.63) is 36.4 Å². The minimum absolute atomic E-state index is 0.287. The quantitative estimate of drug-likeness (QED) is 0.593. The van der Waals surface area contributed by atoms with Gasteiger partial charge < -0.3 is 19.7 Å². The molecule has 8 nitrogen and oxygen atoms in total. The van der Waals surface area contributed by atoms with Crippen LogP contribution >= 0.6 is 0 Å². The molecule has 1 aliphatic heterocycles. The molecule has 1 saturated heterocycles. The van der Waals surface area contributed by atoms with Crippen molar-refractivity contribution in [1.82, 2.24) is 19.9 Å². The van der Waals surface area contributed by atoms with Crippen molar-refractivity contribution < 1.29 is 14.6 Å². The summed E-state index contributed by atoms with van der Waals surface area (Å²) in [5.41, 5.74) is 3.51. The number of nitrogens with one attached hydrogen (secondary N) is 1. The van der Waals surface area contributed by atoms with E-state index in [-0.39, 0.29) is 5.92 Å². The number of aliphatic carboxylic acids is 1. The van der Waals surface area contributed by atoms with E-state index in [0.717, 1.165) is 46.6 Å². The minimum Gasteiger partial charge on any atom is -0.481 e. The van der Waals surface area contributed by atoms with E-state index in [9.17, 15) is 9.90 Å². The fourth-order valence-electron chi connectivity index (χ4n) is 3.85. The van der Waals surface area contributed by atoms with Crippen molar-refractivity contribution >= 4 is 22.8 Å². The number of rotatable bonds is 7. The predicted molar refractivity (Wildman–Crippen MR) is 110 cm³/mol. The van der Waals surface area contributed by atoms with E-state index in [1.165, 1.54) is 0 Å². The Morgan fingerprint density at radius 2 is 2.14 bits per heavy atom. The number of carboxylic acids is 1. The largest absolute Gasteiger partial charge is 0.481 e. The van der Waals surface area contributed by atoms with Crippen LogP contribution in [0.5, 0.6) is 0 Å². The first-order valence-corrected chi connectivity index (χ1v) is 9.92. The number of fused-ring (bicyclic) bond motifs is 1. The normalized spacial score (nSPS) is 15.1. The summed E-state index contributed by atoms with van der Waals surface area (Å²) in [6.45, 7) is 1.99. The summed E-state index contributed by atoms with van der Waals surface area (Å²) in [5.74, 6) is -0.185. The summed E-state index contributed by atoms with van der Waals surface area (Å²) in [7, 11) is 1.69. The zero-order valence-electron chi connectivity index (χ0n) is 16.5. The second kappa shape index (κ2) is 8.57. The standard InChI is InChI=1S/C21H25N5O3/c1-29-12-2-3-15-13-24-18(16-4-8-22-19-17(16)5-9-23-19)20(25-15)26-10-6-14(7-11-26)21(27)28/h4-5,8-9,13-14H,2-3,6-7,10-12H2,1H3,(H,22,23)(H,27,28). The molecule has 1 fully saturated rings. The van der Waals surface area contributed by atoms with Gasteiger partial charge in [0.1, 0.15) is 11.3 Å². The number of aromatic nitrogens is 4. The van der Waals surface area contributed by atoms with Crippen LogP contribution in [0.3, 0.4) is 0 Å². The average Bonchev–Trinajstić information content (AvgIpc) is 3.23. The van der Waals surface area contributed by atoms with Crippen molar-refractivity contribution in [3.63, 3.8) is 0 Å². The van der Waals surface area contributed by atoms with Crippen molar-refractivity contribution in [2.75, 3.05) is 31.7 Å². The second-order valence-corrected chi connectivity index (χ2v) is 7.33. The molecule has 0 saturated carbocycles. The third-order valence-corrected chi connectivity index (χ3v) is 5.44. The van der Waals surface area contributed by atoms with Gasteiger partial charge in [-0.25, -0.2) is 9.97 Å². The molecular formula is C21H25N5O3. The zero-order chi connectivity index (χ0) is 20.2. The predicted octanol–water partition coefficient (Wildman–Crippen LogP) is 2.90. The lowest BCUT2D eigenvalue weighted by Crippen LogP contribution is -2.37. The van der Waals surface area contributed by atoms with E-state index in [1.54, 1.807) is 13.3 Å². The third-order valence-electron chi connectivity index (χ3n) is 5.44. The molecule has 152 valence electrons. The van der Waals surface area contributed by atoms with E-state index < -0.39 is 5.97 Å². The summed E-state index contributed by atoms with van der Waals surface area (Å²) in [6.07, 6.45) is 8.35. The van der Waals surface area contributed by atoms with Gasteiger partial charge in [0.25, 0.3) is 0 Å². The number of hydrogen-bond donors (Lipinski definition) is 2. The van der Waals surface area contributed by atoms with Crippen LogP contribution in [0.1, 0.15) is 25.0 Å². The fourth-order valence-corrected chi connectivity index (χ4v) is 3.85. The number of aromatic amines is 1. The summed E-state index contributed by atoms with van der Waals surface area (Å²) >= 11 is 0. The number of pyridine rings is 1. The van der Waals surface area contributed by atoms with Gasteiger partial charge >= 0.3 is 5.97 Å². The molecule has 0 spiro atoms. The van der Waals surface area contributed by atoms with E-state index >= 15 is 0 Å². The number of methoxy groups -OCH3 is 1. The molecule has 4 rings (SSSR count). The summed E-state index contributed by atoms with van der Waals surface area (Å²) in [5, 5.41) is 10.3. The van der Waals surface area contributed by atoms with Gasteiger partial charge in [-0.1, -0.05) is 0 Å². The molecule has 0 radical (unpaired) electrons. The fraction of sp³-hybridized carbons (Fsp3) is 0.429. The highest BCUT2D eigenvalue weighted by atomic mass is 16.5. The molecule has 1 aliphatic rings. The van der Waals surface area contributed by atoms with Gasteiger partial charge in [-0.3, -0.25) is 9.78 Å². The third kappa shape index (κ3) is 4.07. The molecular weight excluding hydrogens is 370 g/mol. The molecule has 8 heteroatoms. The molecule has 0 aromatic carbocycles. The van der Waals surface area contributed by atoms with Gasteiger partial charge in [0.05, 0.1) is 11.6 Å².